The third-order valence-electron chi connectivity index (χ3n) is 4.79. The fourth-order valence-electron chi connectivity index (χ4n) is 2.82. The third-order valence-corrected chi connectivity index (χ3v) is 9.48. The molecule has 0 radical (unpaired) electrons. The molecule has 0 amide bonds. The molecule has 3 nitrogen and oxygen atoms in total. The van der Waals surface area contributed by atoms with Gasteiger partial charge in [0.15, 0.2) is 8.32 Å². The summed E-state index contributed by atoms with van der Waals surface area (Å²) >= 11 is 0. The van der Waals surface area contributed by atoms with Gasteiger partial charge in [0.05, 0.1) is 7.11 Å². The quantitative estimate of drug-likeness (QED) is 0.398. The van der Waals surface area contributed by atoms with Gasteiger partial charge in [-0.15, -0.1) is 0 Å². The molecule has 0 aliphatic carbocycles. The molecule has 0 aromatic heterocycles. The van der Waals surface area contributed by atoms with E-state index in [0.29, 0.717) is 18.6 Å². The van der Waals surface area contributed by atoms with Crippen LogP contribution in [-0.4, -0.2) is 27.8 Å². The monoisotopic (exact) mass is 336 g/mol. The van der Waals surface area contributed by atoms with Crippen molar-refractivity contribution in [3.63, 3.8) is 0 Å². The number of rotatable bonds is 12. The largest absolute Gasteiger partial charge is 0.497 e. The average Bonchev–Trinajstić information content (AvgIpc) is 2.61. The van der Waals surface area contributed by atoms with E-state index in [-0.39, 0.29) is 0 Å². The number of carbonyl (C=O) groups excluding carboxylic acids is 1. The first-order chi connectivity index (χ1) is 11.1. The molecule has 0 saturated carbocycles. The fraction of sp³-hybridized carbons (Fsp3) is 0.632. The summed E-state index contributed by atoms with van der Waals surface area (Å²) < 4.78 is 11.3. The number of ether oxygens (including phenoxy) is 1. The first-order valence-corrected chi connectivity index (χ1v) is 11.4. The number of aryl methyl sites for hydroxylation is 1. The standard InChI is InChI=1S/C19H32O3Si/c1-5-23(6-2,7-3)22-16-8-9-18(20)13-10-17-11-14-19(21-4)15-12-17/h11-12,14-15H,5-10,13,16H2,1-4H3. The van der Waals surface area contributed by atoms with E-state index >= 15 is 0 Å². The molecule has 4 heteroatoms. The van der Waals surface area contributed by atoms with E-state index in [0.717, 1.165) is 25.2 Å². The van der Waals surface area contributed by atoms with Crippen molar-refractivity contribution < 1.29 is 14.0 Å². The Kier molecular flexibility index (Phi) is 9.18. The van der Waals surface area contributed by atoms with E-state index in [4.69, 9.17) is 9.16 Å². The van der Waals surface area contributed by atoms with Crippen LogP contribution < -0.4 is 4.74 Å². The number of methoxy groups -OCH3 is 1. The lowest BCUT2D eigenvalue weighted by atomic mass is 10.1. The molecule has 0 spiro atoms. The summed E-state index contributed by atoms with van der Waals surface area (Å²) in [6, 6.07) is 11.5. The highest BCUT2D eigenvalue weighted by Crippen LogP contribution is 2.22. The fourth-order valence-corrected chi connectivity index (χ4v) is 5.50. The lowest BCUT2D eigenvalue weighted by molar-refractivity contribution is -0.119. The maximum atomic E-state index is 12.0. The molecule has 1 aromatic rings. The lowest BCUT2D eigenvalue weighted by Gasteiger charge is -2.27. The molecule has 1 rings (SSSR count). The van der Waals surface area contributed by atoms with Crippen molar-refractivity contribution >= 4 is 14.1 Å². The minimum atomic E-state index is -1.49. The van der Waals surface area contributed by atoms with Crippen LogP contribution in [0.4, 0.5) is 0 Å². The van der Waals surface area contributed by atoms with Gasteiger partial charge < -0.3 is 9.16 Å². The maximum absolute atomic E-state index is 12.0. The maximum Gasteiger partial charge on any atom is 0.191 e. The first kappa shape index (κ1) is 19.9. The average molecular weight is 337 g/mol. The highest BCUT2D eigenvalue weighted by Gasteiger charge is 2.28. The van der Waals surface area contributed by atoms with Crippen LogP contribution in [0.1, 0.15) is 45.6 Å². The van der Waals surface area contributed by atoms with E-state index in [1.54, 1.807) is 7.11 Å². The molecular formula is C19H32O3Si. The Morgan fingerprint density at radius 1 is 1.00 bits per heavy atom. The first-order valence-electron chi connectivity index (χ1n) is 8.87. The van der Waals surface area contributed by atoms with Gasteiger partial charge >= 0.3 is 0 Å². The minimum absolute atomic E-state index is 0.334. The third kappa shape index (κ3) is 6.88. The van der Waals surface area contributed by atoms with Crippen molar-refractivity contribution in [3.05, 3.63) is 29.8 Å². The predicted octanol–water partition coefficient (Wildman–Crippen LogP) is 5.00. The van der Waals surface area contributed by atoms with Crippen LogP contribution in [0.25, 0.3) is 0 Å². The van der Waals surface area contributed by atoms with Gasteiger partial charge in [0.25, 0.3) is 0 Å². The molecule has 0 saturated heterocycles. The SMILES string of the molecule is CC[Si](CC)(CC)OCCCC(=O)CCc1ccc(OC)cc1. The van der Waals surface area contributed by atoms with Crippen LogP contribution in [0.5, 0.6) is 5.75 Å². The van der Waals surface area contributed by atoms with Crippen LogP contribution >= 0.6 is 0 Å². The van der Waals surface area contributed by atoms with E-state index in [1.807, 2.05) is 24.3 Å². The Hall–Kier alpha value is -1.13. The molecule has 0 fully saturated rings. The summed E-state index contributed by atoms with van der Waals surface area (Å²) in [4.78, 5) is 12.0. The van der Waals surface area contributed by atoms with Crippen molar-refractivity contribution in [3.8, 4) is 5.75 Å². The van der Waals surface area contributed by atoms with Gasteiger partial charge in [0.2, 0.25) is 0 Å². The Balaban J connectivity index is 2.24. The van der Waals surface area contributed by atoms with Crippen LogP contribution in [0.2, 0.25) is 18.1 Å². The second kappa shape index (κ2) is 10.6. The van der Waals surface area contributed by atoms with E-state index in [9.17, 15) is 4.79 Å². The normalized spacial score (nSPS) is 11.5. The number of hydrogen-bond donors (Lipinski definition) is 0. The van der Waals surface area contributed by atoms with Gasteiger partial charge in [-0.1, -0.05) is 32.9 Å². The number of carbonyl (C=O) groups is 1. The minimum Gasteiger partial charge on any atom is -0.497 e. The summed E-state index contributed by atoms with van der Waals surface area (Å²) in [6.07, 6.45) is 2.92. The Morgan fingerprint density at radius 3 is 2.13 bits per heavy atom. The molecule has 0 bridgehead atoms. The number of hydrogen-bond acceptors (Lipinski definition) is 3. The Morgan fingerprint density at radius 2 is 1.61 bits per heavy atom. The van der Waals surface area contributed by atoms with Crippen molar-refractivity contribution in [1.82, 2.24) is 0 Å². The van der Waals surface area contributed by atoms with Crippen molar-refractivity contribution in [2.45, 2.75) is 64.6 Å². The van der Waals surface area contributed by atoms with E-state index < -0.39 is 8.32 Å². The molecule has 0 aliphatic heterocycles. The molecule has 0 aliphatic rings. The smallest absolute Gasteiger partial charge is 0.191 e. The molecule has 0 unspecified atom stereocenters. The van der Waals surface area contributed by atoms with Crippen molar-refractivity contribution in [1.29, 1.82) is 0 Å². The molecule has 0 heterocycles. The number of benzene rings is 1. The molecule has 1 aromatic carbocycles. The summed E-state index contributed by atoms with van der Waals surface area (Å²) in [6.45, 7) is 7.45. The van der Waals surface area contributed by atoms with Crippen molar-refractivity contribution in [2.24, 2.45) is 0 Å². The van der Waals surface area contributed by atoms with Gasteiger partial charge in [0.1, 0.15) is 11.5 Å². The molecule has 0 N–H and O–H groups in total. The van der Waals surface area contributed by atoms with Crippen LogP contribution in [-0.2, 0) is 15.6 Å². The zero-order valence-corrected chi connectivity index (χ0v) is 16.2. The topological polar surface area (TPSA) is 35.5 Å². The Labute approximate surface area is 142 Å². The summed E-state index contributed by atoms with van der Waals surface area (Å²) in [5, 5.41) is 0. The second-order valence-electron chi connectivity index (χ2n) is 6.08. The highest BCUT2D eigenvalue weighted by atomic mass is 28.4. The predicted molar refractivity (Wildman–Crippen MR) is 98.7 cm³/mol. The van der Waals surface area contributed by atoms with Crippen LogP contribution in [0.15, 0.2) is 24.3 Å². The van der Waals surface area contributed by atoms with Gasteiger partial charge in [-0.2, -0.15) is 0 Å². The summed E-state index contributed by atoms with van der Waals surface area (Å²) in [5.74, 6) is 1.19. The summed E-state index contributed by atoms with van der Waals surface area (Å²) in [5.41, 5.74) is 1.18. The highest BCUT2D eigenvalue weighted by molar-refractivity contribution is 6.73. The van der Waals surface area contributed by atoms with E-state index in [1.165, 1.54) is 23.7 Å². The van der Waals surface area contributed by atoms with Gasteiger partial charge in [-0.3, -0.25) is 4.79 Å². The number of Topliss-reactive ketones (excluding diaryl/α,β-unsaturated/α-hetero) is 1. The van der Waals surface area contributed by atoms with Gasteiger partial charge in [-0.25, -0.2) is 0 Å². The van der Waals surface area contributed by atoms with Crippen LogP contribution in [0.3, 0.4) is 0 Å². The molecule has 0 atom stereocenters. The lowest BCUT2D eigenvalue weighted by Crippen LogP contribution is -2.36. The number of ketones is 1. The molecule has 130 valence electrons. The zero-order chi connectivity index (χ0) is 17.1. The summed E-state index contributed by atoms with van der Waals surface area (Å²) in [7, 11) is 0.168. The van der Waals surface area contributed by atoms with Crippen molar-refractivity contribution in [2.75, 3.05) is 13.7 Å². The molecule has 23 heavy (non-hydrogen) atoms. The van der Waals surface area contributed by atoms with E-state index in [2.05, 4.69) is 20.8 Å². The van der Waals surface area contributed by atoms with Gasteiger partial charge in [-0.05, 0) is 48.7 Å². The second-order valence-corrected chi connectivity index (χ2v) is 10.9. The molecular weight excluding hydrogens is 304 g/mol. The van der Waals surface area contributed by atoms with Crippen LogP contribution in [0, 0.1) is 0 Å². The Bertz CT molecular complexity index is 444. The zero-order valence-electron chi connectivity index (χ0n) is 15.2. The van der Waals surface area contributed by atoms with Gasteiger partial charge in [0, 0.05) is 19.4 Å².